The minimum Gasteiger partial charge on any atom is -0.438 e. The Kier molecular flexibility index (Phi) is 8.51. The van der Waals surface area contributed by atoms with Crippen LogP contribution in [0, 0.1) is 5.82 Å². The van der Waals surface area contributed by atoms with Crippen molar-refractivity contribution in [3.05, 3.63) is 63.3 Å². The number of hydrogen-bond donors (Lipinski definition) is 2. The van der Waals surface area contributed by atoms with Crippen LogP contribution in [0.25, 0.3) is 5.57 Å². The third kappa shape index (κ3) is 6.46. The molecule has 3 aliphatic heterocycles. The van der Waals surface area contributed by atoms with Crippen LogP contribution in [0.2, 0.25) is 0 Å². The Morgan fingerprint density at radius 3 is 2.43 bits per heavy atom. The summed E-state index contributed by atoms with van der Waals surface area (Å²) in [5, 5.41) is 2.55. The van der Waals surface area contributed by atoms with Gasteiger partial charge < -0.3 is 29.6 Å². The van der Waals surface area contributed by atoms with Gasteiger partial charge in [0.1, 0.15) is 5.82 Å². The number of nitrogens with one attached hydrogen (secondary N) is 2. The highest BCUT2D eigenvalue weighted by Gasteiger charge is 2.40. The standard InChI is InChI=1S/C30H35F4N5O5/c1-17-12-39(13-18(2)37(17)4)25-10-23(31)20(19-6-5-7-38(14-19)28(42)44-29(3)15-43-16-29)8-24(25)36-27(41)21-11-35-26(40)9-22(21)30(32,33)34/h6,8-11,17-18H,5,7,12-16H2,1-4H3,(H,35,40)(H,36,41)/t17-,18+. The fourth-order valence-corrected chi connectivity index (χ4v) is 5.67. The summed E-state index contributed by atoms with van der Waals surface area (Å²) in [6, 6.07) is 3.09. The zero-order valence-electron chi connectivity index (χ0n) is 24.9. The molecule has 44 heavy (non-hydrogen) atoms. The van der Waals surface area contributed by atoms with E-state index >= 15 is 4.39 Å². The first-order valence-electron chi connectivity index (χ1n) is 14.3. The molecule has 0 saturated carbocycles. The number of nitrogens with zero attached hydrogens (tertiary/aromatic N) is 3. The van der Waals surface area contributed by atoms with Crippen LogP contribution < -0.4 is 15.8 Å². The first-order valence-corrected chi connectivity index (χ1v) is 14.3. The van der Waals surface area contributed by atoms with Crippen molar-refractivity contribution in [3.8, 4) is 0 Å². The predicted octanol–water partition coefficient (Wildman–Crippen LogP) is 4.33. The van der Waals surface area contributed by atoms with Crippen molar-refractivity contribution in [2.75, 3.05) is 56.7 Å². The fraction of sp³-hybridized carbons (Fsp3) is 0.500. The minimum atomic E-state index is -4.96. The summed E-state index contributed by atoms with van der Waals surface area (Å²) < 4.78 is 67.9. The van der Waals surface area contributed by atoms with Crippen molar-refractivity contribution in [1.29, 1.82) is 0 Å². The molecule has 2 aromatic rings. The van der Waals surface area contributed by atoms with Crippen LogP contribution in [0.1, 0.15) is 48.7 Å². The number of hydrogen-bond acceptors (Lipinski definition) is 7. The van der Waals surface area contributed by atoms with Crippen LogP contribution in [-0.4, -0.2) is 90.9 Å². The summed E-state index contributed by atoms with van der Waals surface area (Å²) in [6.07, 6.45) is -2.62. The van der Waals surface area contributed by atoms with Crippen LogP contribution in [0.5, 0.6) is 0 Å². The molecule has 0 aliphatic carbocycles. The number of likely N-dealkylation sites (N-methyl/N-ethyl adjacent to an activating group) is 1. The zero-order valence-corrected chi connectivity index (χ0v) is 24.9. The molecule has 14 heteroatoms. The molecule has 2 N–H and O–H groups in total. The van der Waals surface area contributed by atoms with Gasteiger partial charge in [-0.2, -0.15) is 13.2 Å². The van der Waals surface area contributed by atoms with Gasteiger partial charge in [-0.25, -0.2) is 9.18 Å². The first-order chi connectivity index (χ1) is 20.6. The quantitative estimate of drug-likeness (QED) is 0.479. The van der Waals surface area contributed by atoms with Crippen LogP contribution in [0.3, 0.4) is 0 Å². The van der Waals surface area contributed by atoms with E-state index in [0.29, 0.717) is 49.6 Å². The second-order valence-electron chi connectivity index (χ2n) is 11.9. The highest BCUT2D eigenvalue weighted by molar-refractivity contribution is 6.07. The number of amides is 2. The molecule has 2 fully saturated rings. The molecule has 5 rings (SSSR count). The number of rotatable bonds is 5. The molecule has 10 nitrogen and oxygen atoms in total. The summed E-state index contributed by atoms with van der Waals surface area (Å²) in [5.74, 6) is -1.74. The van der Waals surface area contributed by atoms with E-state index in [2.05, 4.69) is 15.2 Å². The van der Waals surface area contributed by atoms with Gasteiger partial charge in [0.25, 0.3) is 5.91 Å². The summed E-state index contributed by atoms with van der Waals surface area (Å²) in [6.45, 7) is 7.64. The Labute approximate surface area is 251 Å². The van der Waals surface area contributed by atoms with Gasteiger partial charge in [-0.05, 0) is 51.9 Å². The van der Waals surface area contributed by atoms with Gasteiger partial charge in [-0.15, -0.1) is 0 Å². The van der Waals surface area contributed by atoms with E-state index < -0.39 is 46.3 Å². The fourth-order valence-electron chi connectivity index (χ4n) is 5.67. The lowest BCUT2D eigenvalue weighted by Gasteiger charge is -2.44. The topological polar surface area (TPSA) is 107 Å². The highest BCUT2D eigenvalue weighted by atomic mass is 19.4. The summed E-state index contributed by atoms with van der Waals surface area (Å²) in [5.41, 5.74) is -2.96. The SMILES string of the molecule is C[C@@H]1CN(c2cc(F)c(C3=CCCN(C(=O)OC4(C)COC4)C3)cc2NC(=O)c2c[nH]c(=O)cc2C(F)(F)F)C[C@H](C)N1C. The molecule has 238 valence electrons. The van der Waals surface area contributed by atoms with Crippen LogP contribution in [0.15, 0.2) is 35.3 Å². The number of aromatic amines is 1. The Balaban J connectivity index is 1.50. The Morgan fingerprint density at radius 2 is 1.82 bits per heavy atom. The van der Waals surface area contributed by atoms with Crippen molar-refractivity contribution in [1.82, 2.24) is 14.8 Å². The maximum Gasteiger partial charge on any atom is 0.417 e. The van der Waals surface area contributed by atoms with E-state index in [9.17, 15) is 27.6 Å². The number of halogens is 4. The molecule has 2 atom stereocenters. The van der Waals surface area contributed by atoms with Gasteiger partial charge in [-0.3, -0.25) is 14.5 Å². The van der Waals surface area contributed by atoms with Crippen LogP contribution >= 0.6 is 0 Å². The van der Waals surface area contributed by atoms with Gasteiger partial charge in [-0.1, -0.05) is 6.08 Å². The average Bonchev–Trinajstić information content (AvgIpc) is 2.95. The molecular weight excluding hydrogens is 586 g/mol. The second kappa shape index (κ2) is 11.9. The number of pyridine rings is 1. The molecule has 0 bridgehead atoms. The van der Waals surface area contributed by atoms with Gasteiger partial charge in [0.05, 0.1) is 35.7 Å². The van der Waals surface area contributed by atoms with E-state index in [1.54, 1.807) is 13.0 Å². The largest absolute Gasteiger partial charge is 0.438 e. The lowest BCUT2D eigenvalue weighted by molar-refractivity contribution is -0.171. The zero-order chi connectivity index (χ0) is 32.0. The second-order valence-corrected chi connectivity index (χ2v) is 11.9. The van der Waals surface area contributed by atoms with Gasteiger partial charge in [0.2, 0.25) is 5.56 Å². The van der Waals surface area contributed by atoms with E-state index in [-0.39, 0.29) is 43.1 Å². The number of ether oxygens (including phenoxy) is 2. The monoisotopic (exact) mass is 621 g/mol. The summed E-state index contributed by atoms with van der Waals surface area (Å²) in [7, 11) is 1.97. The molecule has 0 radical (unpaired) electrons. The number of anilines is 2. The van der Waals surface area contributed by atoms with E-state index in [4.69, 9.17) is 9.47 Å². The highest BCUT2D eigenvalue weighted by Crippen LogP contribution is 2.37. The molecule has 1 aromatic carbocycles. The number of H-pyrrole nitrogens is 1. The smallest absolute Gasteiger partial charge is 0.417 e. The molecule has 4 heterocycles. The van der Waals surface area contributed by atoms with E-state index in [0.717, 1.165) is 0 Å². The number of carbonyl (C=O) groups is 2. The molecule has 3 aliphatic rings. The third-order valence-corrected chi connectivity index (χ3v) is 8.41. The maximum atomic E-state index is 15.9. The first kappa shape index (κ1) is 31.5. The Bertz CT molecular complexity index is 1520. The van der Waals surface area contributed by atoms with Crippen molar-refractivity contribution >= 4 is 28.9 Å². The van der Waals surface area contributed by atoms with Gasteiger partial charge in [0.15, 0.2) is 5.60 Å². The lowest BCUT2D eigenvalue weighted by Crippen LogP contribution is -2.55. The van der Waals surface area contributed by atoms with Gasteiger partial charge >= 0.3 is 12.3 Å². The van der Waals surface area contributed by atoms with Gasteiger partial charge in [0, 0.05) is 56.1 Å². The van der Waals surface area contributed by atoms with Crippen molar-refractivity contribution in [2.24, 2.45) is 0 Å². The average molecular weight is 622 g/mol. The number of piperazine rings is 1. The number of aromatic nitrogens is 1. The van der Waals surface area contributed by atoms with Crippen LogP contribution in [0.4, 0.5) is 33.7 Å². The molecular formula is C30H35F4N5O5. The summed E-state index contributed by atoms with van der Waals surface area (Å²) in [4.78, 5) is 45.5. The molecule has 0 unspecified atom stereocenters. The Morgan fingerprint density at radius 1 is 1.14 bits per heavy atom. The molecule has 0 spiro atoms. The minimum absolute atomic E-state index is 0.0279. The van der Waals surface area contributed by atoms with E-state index in [1.807, 2.05) is 25.8 Å². The Hall–Kier alpha value is -3.91. The molecule has 2 amide bonds. The third-order valence-electron chi connectivity index (χ3n) is 8.41. The predicted molar refractivity (Wildman–Crippen MR) is 155 cm³/mol. The van der Waals surface area contributed by atoms with Crippen molar-refractivity contribution in [2.45, 2.75) is 51.1 Å². The van der Waals surface area contributed by atoms with Crippen molar-refractivity contribution in [3.63, 3.8) is 0 Å². The lowest BCUT2D eigenvalue weighted by atomic mass is 9.98. The normalized spacial score (nSPS) is 22.2. The maximum absolute atomic E-state index is 15.9. The summed E-state index contributed by atoms with van der Waals surface area (Å²) >= 11 is 0. The number of carbonyl (C=O) groups excluding carboxylic acids is 2. The molecule has 1 aromatic heterocycles. The van der Waals surface area contributed by atoms with E-state index in [1.165, 1.54) is 17.0 Å². The van der Waals surface area contributed by atoms with Crippen LogP contribution in [-0.2, 0) is 15.7 Å². The van der Waals surface area contributed by atoms with Crippen molar-refractivity contribution < 1.29 is 36.6 Å². The number of benzene rings is 1. The molecule has 2 saturated heterocycles. The number of alkyl halides is 3.